The van der Waals surface area contributed by atoms with Gasteiger partial charge < -0.3 is 4.42 Å². The third-order valence-electron chi connectivity index (χ3n) is 1.22. The van der Waals surface area contributed by atoms with Crippen LogP contribution in [-0.2, 0) is 0 Å². The first-order valence-electron chi connectivity index (χ1n) is 3.53. The average Bonchev–Trinajstić information content (AvgIpc) is 2.45. The summed E-state index contributed by atoms with van der Waals surface area (Å²) in [6.45, 7) is 1.58. The molecule has 0 N–H and O–H groups in total. The maximum atomic E-state index is 12.0. The minimum Gasteiger partial charge on any atom is -0.416 e. The van der Waals surface area contributed by atoms with Crippen LogP contribution in [0.3, 0.4) is 0 Å². The van der Waals surface area contributed by atoms with Crippen LogP contribution >= 0.6 is 27.7 Å². The van der Waals surface area contributed by atoms with E-state index in [-0.39, 0.29) is 11.0 Å². The predicted octanol–water partition coefficient (Wildman–Crippen LogP) is 2.80. The highest BCUT2D eigenvalue weighted by Crippen LogP contribution is 2.30. The molecule has 0 fully saturated rings. The molecule has 0 aliphatic carbocycles. The average molecular weight is 291 g/mol. The van der Waals surface area contributed by atoms with Gasteiger partial charge in [-0.2, -0.15) is 13.2 Å². The van der Waals surface area contributed by atoms with Gasteiger partial charge >= 0.3 is 6.18 Å². The van der Waals surface area contributed by atoms with Crippen LogP contribution in [0.1, 0.15) is 5.89 Å². The molecule has 1 aromatic heterocycles. The van der Waals surface area contributed by atoms with E-state index in [4.69, 9.17) is 4.42 Å². The second-order valence-electron chi connectivity index (χ2n) is 2.41. The standard InChI is InChI=1S/C6H6BrF3N2OS/c1-3-11-12-5(13-3)14-2-4(7)6(8,9)10/h4H,2H2,1H3. The molecule has 1 atom stereocenters. The van der Waals surface area contributed by atoms with Gasteiger partial charge in [0.1, 0.15) is 4.83 Å². The van der Waals surface area contributed by atoms with Crippen LogP contribution in [0.25, 0.3) is 0 Å². The minimum absolute atomic E-state index is 0.149. The molecule has 0 aromatic carbocycles. The first kappa shape index (κ1) is 11.8. The summed E-state index contributed by atoms with van der Waals surface area (Å²) >= 11 is 3.40. The topological polar surface area (TPSA) is 38.9 Å². The van der Waals surface area contributed by atoms with E-state index in [0.29, 0.717) is 5.89 Å². The van der Waals surface area contributed by atoms with Gasteiger partial charge in [0.05, 0.1) is 0 Å². The fourth-order valence-corrected chi connectivity index (χ4v) is 1.73. The van der Waals surface area contributed by atoms with E-state index in [1.165, 1.54) is 0 Å². The molecular weight excluding hydrogens is 285 g/mol. The number of alkyl halides is 4. The zero-order valence-electron chi connectivity index (χ0n) is 7.01. The predicted molar refractivity (Wildman–Crippen MR) is 48.5 cm³/mol. The molecular formula is C6H6BrF3N2OS. The van der Waals surface area contributed by atoms with Crippen molar-refractivity contribution in [2.24, 2.45) is 0 Å². The lowest BCUT2D eigenvalue weighted by Crippen LogP contribution is -2.24. The van der Waals surface area contributed by atoms with Gasteiger partial charge in [0.25, 0.3) is 5.22 Å². The van der Waals surface area contributed by atoms with Gasteiger partial charge in [-0.3, -0.25) is 0 Å². The van der Waals surface area contributed by atoms with Crippen molar-refractivity contribution in [3.63, 3.8) is 0 Å². The Labute approximate surface area is 90.6 Å². The third-order valence-corrected chi connectivity index (χ3v) is 3.40. The van der Waals surface area contributed by atoms with E-state index >= 15 is 0 Å². The third kappa shape index (κ3) is 3.49. The van der Waals surface area contributed by atoms with Crippen LogP contribution in [0.4, 0.5) is 13.2 Å². The minimum atomic E-state index is -4.25. The number of aromatic nitrogens is 2. The Balaban J connectivity index is 2.41. The summed E-state index contributed by atoms with van der Waals surface area (Å²) in [5.41, 5.74) is 0. The molecule has 8 heteroatoms. The van der Waals surface area contributed by atoms with Gasteiger partial charge in [0.15, 0.2) is 0 Å². The largest absolute Gasteiger partial charge is 0.416 e. The van der Waals surface area contributed by atoms with Gasteiger partial charge in [-0.1, -0.05) is 27.7 Å². The number of halogens is 4. The number of nitrogens with zero attached hydrogens (tertiary/aromatic N) is 2. The summed E-state index contributed by atoms with van der Waals surface area (Å²) in [5, 5.41) is 7.20. The molecule has 0 saturated heterocycles. The second-order valence-corrected chi connectivity index (χ2v) is 4.48. The van der Waals surface area contributed by atoms with E-state index in [9.17, 15) is 13.2 Å². The zero-order chi connectivity index (χ0) is 10.8. The van der Waals surface area contributed by atoms with Crippen molar-refractivity contribution >= 4 is 27.7 Å². The molecule has 0 bridgehead atoms. The molecule has 0 saturated carbocycles. The summed E-state index contributed by atoms with van der Waals surface area (Å²) in [5.74, 6) is 0.149. The van der Waals surface area contributed by atoms with Crippen molar-refractivity contribution in [1.82, 2.24) is 10.2 Å². The SMILES string of the molecule is Cc1nnc(SCC(Br)C(F)(F)F)o1. The molecule has 3 nitrogen and oxygen atoms in total. The van der Waals surface area contributed by atoms with Crippen molar-refractivity contribution in [3.8, 4) is 0 Å². The van der Waals surface area contributed by atoms with Crippen LogP contribution in [0.15, 0.2) is 9.64 Å². The lowest BCUT2D eigenvalue weighted by molar-refractivity contribution is -0.122. The highest BCUT2D eigenvalue weighted by molar-refractivity contribution is 9.09. The summed E-state index contributed by atoms with van der Waals surface area (Å²) in [6, 6.07) is 0. The van der Waals surface area contributed by atoms with E-state index < -0.39 is 11.0 Å². The molecule has 1 rings (SSSR count). The molecule has 0 aliphatic rings. The van der Waals surface area contributed by atoms with Gasteiger partial charge in [0, 0.05) is 12.7 Å². The van der Waals surface area contributed by atoms with E-state index in [1.54, 1.807) is 6.92 Å². The number of aryl methyl sites for hydroxylation is 1. The summed E-state index contributed by atoms with van der Waals surface area (Å²) in [4.78, 5) is -1.56. The molecule has 14 heavy (non-hydrogen) atoms. The number of hydrogen-bond acceptors (Lipinski definition) is 4. The van der Waals surface area contributed by atoms with Gasteiger partial charge in [0.2, 0.25) is 5.89 Å². The maximum absolute atomic E-state index is 12.0. The summed E-state index contributed by atoms with van der Waals surface area (Å²) < 4.78 is 41.0. The Morgan fingerprint density at radius 2 is 2.14 bits per heavy atom. The molecule has 1 heterocycles. The molecule has 0 amide bonds. The summed E-state index contributed by atoms with van der Waals surface area (Å²) in [7, 11) is 0. The van der Waals surface area contributed by atoms with Gasteiger partial charge in [-0.25, -0.2) is 0 Å². The molecule has 0 radical (unpaired) electrons. The lowest BCUT2D eigenvalue weighted by Gasteiger charge is -2.11. The van der Waals surface area contributed by atoms with Crippen LogP contribution in [-0.4, -0.2) is 27.0 Å². The van der Waals surface area contributed by atoms with E-state index in [1.807, 2.05) is 0 Å². The quantitative estimate of drug-likeness (QED) is 0.634. The molecule has 1 unspecified atom stereocenters. The second kappa shape index (κ2) is 4.52. The smallest absolute Gasteiger partial charge is 0.402 e. The van der Waals surface area contributed by atoms with E-state index in [2.05, 4.69) is 26.1 Å². The monoisotopic (exact) mass is 290 g/mol. The molecule has 0 aliphatic heterocycles. The highest BCUT2D eigenvalue weighted by atomic mass is 79.9. The molecule has 80 valence electrons. The zero-order valence-corrected chi connectivity index (χ0v) is 9.41. The lowest BCUT2D eigenvalue weighted by atomic mass is 10.5. The Kier molecular flexibility index (Phi) is 3.82. The Morgan fingerprint density at radius 1 is 1.50 bits per heavy atom. The van der Waals surface area contributed by atoms with Crippen molar-refractivity contribution in [1.29, 1.82) is 0 Å². The molecule has 1 aromatic rings. The fourth-order valence-electron chi connectivity index (χ4n) is 0.576. The van der Waals surface area contributed by atoms with Crippen LogP contribution in [0, 0.1) is 6.92 Å². The van der Waals surface area contributed by atoms with Crippen LogP contribution in [0.2, 0.25) is 0 Å². The van der Waals surface area contributed by atoms with Crippen molar-refractivity contribution in [2.75, 3.05) is 5.75 Å². The first-order valence-corrected chi connectivity index (χ1v) is 5.43. The Hall–Kier alpha value is -0.240. The van der Waals surface area contributed by atoms with Crippen molar-refractivity contribution in [3.05, 3.63) is 5.89 Å². The van der Waals surface area contributed by atoms with Crippen molar-refractivity contribution in [2.45, 2.75) is 23.1 Å². The van der Waals surface area contributed by atoms with Gasteiger partial charge in [-0.05, 0) is 0 Å². The van der Waals surface area contributed by atoms with Crippen LogP contribution in [0.5, 0.6) is 0 Å². The van der Waals surface area contributed by atoms with Crippen LogP contribution < -0.4 is 0 Å². The number of rotatable bonds is 3. The van der Waals surface area contributed by atoms with E-state index in [0.717, 1.165) is 11.8 Å². The maximum Gasteiger partial charge on any atom is 0.402 e. The first-order chi connectivity index (χ1) is 6.39. The molecule has 0 spiro atoms. The van der Waals surface area contributed by atoms with Gasteiger partial charge in [-0.15, -0.1) is 10.2 Å². The number of hydrogen-bond donors (Lipinski definition) is 0. The fraction of sp³-hybridized carbons (Fsp3) is 0.667. The normalized spacial score (nSPS) is 14.4. The Bertz CT molecular complexity index is 304. The Morgan fingerprint density at radius 3 is 2.57 bits per heavy atom. The summed E-state index contributed by atoms with van der Waals surface area (Å²) in [6.07, 6.45) is -4.25. The number of thioether (sulfide) groups is 1. The van der Waals surface area contributed by atoms with Crippen molar-refractivity contribution < 1.29 is 17.6 Å². The highest BCUT2D eigenvalue weighted by Gasteiger charge is 2.37.